The molecular formula is C31H56N6O11S. The van der Waals surface area contributed by atoms with Crippen LogP contribution in [0.25, 0.3) is 0 Å². The summed E-state index contributed by atoms with van der Waals surface area (Å²) in [5, 5.41) is 20.9. The van der Waals surface area contributed by atoms with E-state index in [1.807, 2.05) is 18.7 Å². The first-order valence-electron chi connectivity index (χ1n) is 16.7. The number of nitrogens with two attached hydrogens (primary N) is 1. The third kappa shape index (κ3) is 19.6. The number of hydrogen-bond donors (Lipinski definition) is 6. The lowest BCUT2D eigenvalue weighted by Gasteiger charge is -2.28. The molecule has 0 spiro atoms. The highest BCUT2D eigenvalue weighted by atomic mass is 32.2. The fraction of sp³-hybridized carbons (Fsp3) is 0.806. The van der Waals surface area contributed by atoms with E-state index in [9.17, 15) is 42.3 Å². The Balaban J connectivity index is 2.70. The van der Waals surface area contributed by atoms with Gasteiger partial charge in [-0.3, -0.25) is 37.9 Å². The molecule has 1 fully saturated rings. The van der Waals surface area contributed by atoms with Crippen LogP contribution < -0.4 is 27.0 Å². The number of hydrogen-bond acceptors (Lipinski definition) is 12. The van der Waals surface area contributed by atoms with Crippen molar-refractivity contribution in [1.29, 1.82) is 0 Å². The van der Waals surface area contributed by atoms with Gasteiger partial charge in [0, 0.05) is 19.5 Å². The number of rotatable bonds is 24. The van der Waals surface area contributed by atoms with Crippen LogP contribution in [0.4, 0.5) is 0 Å². The molecule has 17 nitrogen and oxygen atoms in total. The Morgan fingerprint density at radius 1 is 0.857 bits per heavy atom. The van der Waals surface area contributed by atoms with Crippen LogP contribution >= 0.6 is 0 Å². The van der Waals surface area contributed by atoms with Gasteiger partial charge >= 0.3 is 0 Å². The lowest BCUT2D eigenvalue weighted by atomic mass is 9.90. The summed E-state index contributed by atoms with van der Waals surface area (Å²) in [6.45, 7) is 8.96. The van der Waals surface area contributed by atoms with E-state index in [2.05, 4.69) is 21.3 Å². The summed E-state index contributed by atoms with van der Waals surface area (Å²) in [5.74, 6) is -4.21. The van der Waals surface area contributed by atoms with Gasteiger partial charge < -0.3 is 36.8 Å². The topological polar surface area (TPSA) is 253 Å². The summed E-state index contributed by atoms with van der Waals surface area (Å²) >= 11 is 0. The molecule has 0 aromatic heterocycles. The van der Waals surface area contributed by atoms with Gasteiger partial charge in [0.25, 0.3) is 10.1 Å². The van der Waals surface area contributed by atoms with Crippen molar-refractivity contribution in [2.24, 2.45) is 17.6 Å². The number of aliphatic hydroxyl groups is 1. The van der Waals surface area contributed by atoms with E-state index in [4.69, 9.17) is 14.7 Å². The first-order chi connectivity index (χ1) is 22.8. The first kappa shape index (κ1) is 43.8. The van der Waals surface area contributed by atoms with E-state index >= 15 is 0 Å². The Morgan fingerprint density at radius 3 is 1.98 bits per heavy atom. The second-order valence-corrected chi connectivity index (χ2v) is 15.1. The van der Waals surface area contributed by atoms with Crippen molar-refractivity contribution in [3.05, 3.63) is 0 Å². The van der Waals surface area contributed by atoms with Crippen molar-refractivity contribution in [3.63, 3.8) is 0 Å². The lowest BCUT2D eigenvalue weighted by molar-refractivity contribution is -0.143. The normalized spacial score (nSPS) is 16.3. The van der Waals surface area contributed by atoms with Gasteiger partial charge in [0.2, 0.25) is 29.5 Å². The second kappa shape index (κ2) is 21.8. The molecule has 0 bridgehead atoms. The molecule has 3 atom stereocenters. The molecule has 282 valence electrons. The summed E-state index contributed by atoms with van der Waals surface area (Å²) in [4.78, 5) is 76.6. The summed E-state index contributed by atoms with van der Waals surface area (Å²) in [6, 6.07) is -2.24. The molecule has 7 N–H and O–H groups in total. The molecule has 1 rings (SSSR count). The minimum Gasteiger partial charge on any atom is -0.380 e. The Morgan fingerprint density at radius 2 is 1.41 bits per heavy atom. The molecule has 1 heterocycles. The molecule has 5 amide bonds. The Labute approximate surface area is 289 Å². The van der Waals surface area contributed by atoms with Crippen molar-refractivity contribution < 1.29 is 51.2 Å². The number of morpholine rings is 1. The lowest BCUT2D eigenvalue weighted by Crippen LogP contribution is -2.56. The van der Waals surface area contributed by atoms with Gasteiger partial charge in [0.15, 0.2) is 5.78 Å². The molecule has 49 heavy (non-hydrogen) atoms. The smallest absolute Gasteiger partial charge is 0.267 e. The number of carbonyl (C=O) groups is 6. The van der Waals surface area contributed by atoms with E-state index in [0.717, 1.165) is 6.92 Å². The molecule has 1 saturated heterocycles. The van der Waals surface area contributed by atoms with Crippen LogP contribution in [0.1, 0.15) is 73.1 Å². The first-order valence-corrected chi connectivity index (χ1v) is 18.2. The van der Waals surface area contributed by atoms with Gasteiger partial charge in [-0.1, -0.05) is 34.1 Å². The summed E-state index contributed by atoms with van der Waals surface area (Å²) in [6.07, 6.45) is 1.50. The Kier molecular flexibility index (Phi) is 19.5. The zero-order valence-corrected chi connectivity index (χ0v) is 30.2. The second-order valence-electron chi connectivity index (χ2n) is 13.3. The third-order valence-electron chi connectivity index (χ3n) is 7.43. The number of amides is 5. The largest absolute Gasteiger partial charge is 0.380 e. The molecule has 1 aliphatic heterocycles. The van der Waals surface area contributed by atoms with Crippen LogP contribution in [0.15, 0.2) is 0 Å². The zero-order valence-electron chi connectivity index (χ0n) is 29.4. The van der Waals surface area contributed by atoms with Crippen molar-refractivity contribution in [3.8, 4) is 0 Å². The van der Waals surface area contributed by atoms with Crippen LogP contribution in [0.5, 0.6) is 0 Å². The van der Waals surface area contributed by atoms with Crippen LogP contribution in [-0.4, -0.2) is 130 Å². The highest BCUT2D eigenvalue weighted by Crippen LogP contribution is 2.17. The minimum atomic E-state index is -4.10. The highest BCUT2D eigenvalue weighted by molar-refractivity contribution is 7.86. The van der Waals surface area contributed by atoms with E-state index < -0.39 is 70.4 Å². The molecule has 1 aliphatic rings. The van der Waals surface area contributed by atoms with Gasteiger partial charge in [-0.25, -0.2) is 0 Å². The maximum atomic E-state index is 13.3. The monoisotopic (exact) mass is 720 g/mol. The van der Waals surface area contributed by atoms with Gasteiger partial charge in [0.1, 0.15) is 18.2 Å². The van der Waals surface area contributed by atoms with Crippen LogP contribution in [0, 0.1) is 11.8 Å². The van der Waals surface area contributed by atoms with E-state index in [-0.39, 0.29) is 62.3 Å². The summed E-state index contributed by atoms with van der Waals surface area (Å²) < 4.78 is 34.8. The molecular weight excluding hydrogens is 664 g/mol. The average molecular weight is 721 g/mol. The van der Waals surface area contributed by atoms with Crippen LogP contribution in [-0.2, 0) is 47.8 Å². The quantitative estimate of drug-likeness (QED) is 0.0484. The Hall–Kier alpha value is -3.19. The van der Waals surface area contributed by atoms with Gasteiger partial charge in [-0.05, 0) is 44.4 Å². The summed E-state index contributed by atoms with van der Waals surface area (Å²) in [5.41, 5.74) is 2.79. The van der Waals surface area contributed by atoms with Gasteiger partial charge in [-0.15, -0.1) is 0 Å². The van der Waals surface area contributed by atoms with E-state index in [1.54, 1.807) is 13.8 Å². The number of Topliss-reactive ketones (excluding diaryl/α,β-unsaturated/α-hetero) is 1. The van der Waals surface area contributed by atoms with Gasteiger partial charge in [-0.2, -0.15) is 8.42 Å². The molecule has 0 aliphatic carbocycles. The number of primary amides is 1. The maximum absolute atomic E-state index is 13.3. The molecule has 0 aromatic rings. The SMILES string of the molecule is CC(C)C[C@H](NC(=O)CNC(=O)CN1CCOCC1)C(=O)NCC(=O)N[C@@H](CC(C)C)C(=O)C(C)(O)COS(=O)(=O)CCCCCC(N)=O. The number of ether oxygens (including phenoxy) is 1. The predicted octanol–water partition coefficient (Wildman–Crippen LogP) is -1.67. The zero-order chi connectivity index (χ0) is 37.2. The van der Waals surface area contributed by atoms with Crippen molar-refractivity contribution in [2.75, 3.05) is 58.3 Å². The minimum absolute atomic E-state index is 0.0103. The molecule has 0 saturated carbocycles. The number of nitrogens with one attached hydrogen (secondary N) is 4. The Bertz CT molecular complexity index is 1220. The van der Waals surface area contributed by atoms with E-state index in [1.165, 1.54) is 0 Å². The summed E-state index contributed by atoms with van der Waals surface area (Å²) in [7, 11) is -4.10. The number of carbonyl (C=O) groups excluding carboxylic acids is 6. The van der Waals surface area contributed by atoms with Crippen molar-refractivity contribution >= 4 is 45.4 Å². The molecule has 0 radical (unpaired) electrons. The highest BCUT2D eigenvalue weighted by Gasteiger charge is 2.38. The third-order valence-corrected chi connectivity index (χ3v) is 8.69. The predicted molar refractivity (Wildman–Crippen MR) is 179 cm³/mol. The van der Waals surface area contributed by atoms with Crippen molar-refractivity contribution in [2.45, 2.75) is 90.8 Å². The van der Waals surface area contributed by atoms with Crippen LogP contribution in [0.3, 0.4) is 0 Å². The van der Waals surface area contributed by atoms with Crippen molar-refractivity contribution in [1.82, 2.24) is 26.2 Å². The molecule has 0 aromatic carbocycles. The molecule has 1 unspecified atom stereocenters. The molecule has 18 heteroatoms. The number of unbranched alkanes of at least 4 members (excludes halogenated alkanes) is 2. The fourth-order valence-electron chi connectivity index (χ4n) is 4.85. The fourth-order valence-corrected chi connectivity index (χ4v) is 5.93. The number of nitrogens with zero attached hydrogens (tertiary/aromatic N) is 1. The standard InChI is InChI=1S/C31H56N6O11S/c1-21(2)15-23(29(42)31(5,44)20-48-49(45,46)14-8-6-7-9-25(32)38)35-27(40)18-34-30(43)24(16-22(3)4)36-26(39)17-33-28(41)19-37-10-12-47-13-11-37/h21-24,44H,6-20H2,1-5H3,(H2,32,38)(H,33,41)(H,34,43)(H,35,40)(H,36,39)/t23-,24-,31?/m0/s1. The number of ketones is 1. The van der Waals surface area contributed by atoms with Crippen LogP contribution in [0.2, 0.25) is 0 Å². The van der Waals surface area contributed by atoms with Gasteiger partial charge in [0.05, 0.1) is 44.6 Å². The average Bonchev–Trinajstić information content (AvgIpc) is 3.00. The van der Waals surface area contributed by atoms with E-state index in [0.29, 0.717) is 39.1 Å². The maximum Gasteiger partial charge on any atom is 0.267 e.